The Bertz CT molecular complexity index is 174. The van der Waals surface area contributed by atoms with E-state index in [1.807, 2.05) is 0 Å². The highest BCUT2D eigenvalue weighted by Crippen LogP contribution is 2.06. The van der Waals surface area contributed by atoms with E-state index in [1.54, 1.807) is 0 Å². The Morgan fingerprint density at radius 3 is 1.78 bits per heavy atom. The first-order valence-corrected chi connectivity index (χ1v) is 2.56. The maximum Gasteiger partial charge on any atom is 0.156 e. The second-order valence-electron chi connectivity index (χ2n) is 1.08. The highest BCUT2D eigenvalue weighted by molar-refractivity contribution is 6.32. The van der Waals surface area contributed by atoms with Crippen LogP contribution in [0.15, 0.2) is 6.07 Å². The van der Waals surface area contributed by atoms with Crippen LogP contribution in [0.25, 0.3) is 0 Å². The molecule has 1 heterocycles. The molecule has 0 aliphatic heterocycles. The van der Waals surface area contributed by atoms with Crippen molar-refractivity contribution in [3.8, 4) is 0 Å². The Balaban J connectivity index is 0.000000640. The lowest BCUT2D eigenvalue weighted by atomic mass is 10.7. The van der Waals surface area contributed by atoms with Crippen LogP contribution in [0.5, 0.6) is 0 Å². The first-order valence-electron chi connectivity index (χ1n) is 1.80. The predicted molar refractivity (Wildman–Crippen MR) is 37.1 cm³/mol. The average Bonchev–Trinajstić information content (AvgIpc) is 1.64. The molecule has 1 aromatic heterocycles. The number of hydrogen-bond donors (Lipinski definition) is 0. The van der Waals surface area contributed by atoms with Gasteiger partial charge in [-0.3, -0.25) is 0 Å². The molecule has 3 nitrogen and oxygen atoms in total. The zero-order valence-corrected chi connectivity index (χ0v) is 6.41. The maximum absolute atomic E-state index is 5.35. The fraction of sp³-hybridized carbons (Fsp3) is 0. The molecule has 0 unspecified atom stereocenters. The van der Waals surface area contributed by atoms with E-state index < -0.39 is 0 Å². The Kier molecular flexibility index (Phi) is 3.77. The van der Waals surface area contributed by atoms with Crippen molar-refractivity contribution in [1.29, 1.82) is 0 Å². The first kappa shape index (κ1) is 8.88. The smallest absolute Gasteiger partial charge is 0.147 e. The van der Waals surface area contributed by atoms with Gasteiger partial charge < -0.3 is 0 Å². The topological polar surface area (TPSA) is 38.7 Å². The van der Waals surface area contributed by atoms with Gasteiger partial charge in [0.05, 0.1) is 0 Å². The Morgan fingerprint density at radius 2 is 1.56 bits per heavy atom. The second-order valence-corrected chi connectivity index (χ2v) is 1.85. The molecule has 0 saturated carbocycles. The van der Waals surface area contributed by atoms with Gasteiger partial charge in [-0.15, -0.1) is 22.6 Å². The van der Waals surface area contributed by atoms with Gasteiger partial charge in [-0.2, -0.15) is 0 Å². The number of halogens is 3. The third-order valence-electron chi connectivity index (χ3n) is 0.519. The minimum atomic E-state index is 0. The molecular formula is C3H2Cl3N3. The van der Waals surface area contributed by atoms with Crippen LogP contribution < -0.4 is 0 Å². The summed E-state index contributed by atoms with van der Waals surface area (Å²) in [5, 5.41) is 10.4. The van der Waals surface area contributed by atoms with Crippen LogP contribution in [0, 0.1) is 0 Å². The molecule has 50 valence electrons. The van der Waals surface area contributed by atoms with E-state index in [2.05, 4.69) is 15.4 Å². The Hall–Kier alpha value is -0.120. The molecule has 0 radical (unpaired) electrons. The molecular weight excluding hydrogens is 184 g/mol. The first-order chi connectivity index (χ1) is 3.79. The van der Waals surface area contributed by atoms with Crippen molar-refractivity contribution in [2.24, 2.45) is 0 Å². The van der Waals surface area contributed by atoms with E-state index in [0.29, 0.717) is 0 Å². The third-order valence-corrected chi connectivity index (χ3v) is 0.888. The molecule has 1 aromatic rings. The highest BCUT2D eigenvalue weighted by Gasteiger charge is 1.89. The zero-order chi connectivity index (χ0) is 5.98. The number of nitrogens with zero attached hydrogens (tertiary/aromatic N) is 3. The lowest BCUT2D eigenvalue weighted by Gasteiger charge is -1.83. The molecule has 0 aliphatic rings. The molecule has 0 saturated heterocycles. The average molecular weight is 186 g/mol. The number of aromatic nitrogens is 3. The molecule has 0 aliphatic carbocycles. The fourth-order valence-corrected chi connectivity index (χ4v) is 0.594. The molecule has 0 aromatic carbocycles. The van der Waals surface area contributed by atoms with Crippen LogP contribution in [0.3, 0.4) is 0 Å². The van der Waals surface area contributed by atoms with Crippen molar-refractivity contribution >= 4 is 35.6 Å². The van der Waals surface area contributed by atoms with E-state index in [1.165, 1.54) is 6.07 Å². The molecule has 9 heavy (non-hydrogen) atoms. The molecule has 1 rings (SSSR count). The molecule has 0 bridgehead atoms. The maximum atomic E-state index is 5.35. The fourth-order valence-electron chi connectivity index (χ4n) is 0.264. The van der Waals surface area contributed by atoms with Crippen LogP contribution >= 0.6 is 35.6 Å². The highest BCUT2D eigenvalue weighted by atomic mass is 35.5. The predicted octanol–water partition coefficient (Wildman–Crippen LogP) is 1.60. The van der Waals surface area contributed by atoms with Crippen molar-refractivity contribution in [2.75, 3.05) is 0 Å². The van der Waals surface area contributed by atoms with E-state index in [-0.39, 0.29) is 22.7 Å². The molecule has 0 spiro atoms. The largest absolute Gasteiger partial charge is 0.156 e. The quantitative estimate of drug-likeness (QED) is 0.618. The monoisotopic (exact) mass is 185 g/mol. The second kappa shape index (κ2) is 3.82. The Morgan fingerprint density at radius 1 is 1.11 bits per heavy atom. The summed E-state index contributed by atoms with van der Waals surface area (Å²) in [6.07, 6.45) is 0. The van der Waals surface area contributed by atoms with Crippen LogP contribution in [0.4, 0.5) is 0 Å². The summed E-state index contributed by atoms with van der Waals surface area (Å²) in [4.78, 5) is 0. The van der Waals surface area contributed by atoms with Crippen molar-refractivity contribution in [2.45, 2.75) is 0 Å². The van der Waals surface area contributed by atoms with Crippen LogP contribution in [-0.4, -0.2) is 15.4 Å². The number of hydrogen-bond acceptors (Lipinski definition) is 3. The van der Waals surface area contributed by atoms with Gasteiger partial charge in [0.25, 0.3) is 0 Å². The molecule has 6 heteroatoms. The van der Waals surface area contributed by atoms with Gasteiger partial charge in [-0.05, 0) is 5.21 Å². The minimum absolute atomic E-state index is 0. The van der Waals surface area contributed by atoms with Crippen molar-refractivity contribution < 1.29 is 0 Å². The minimum Gasteiger partial charge on any atom is -0.147 e. The van der Waals surface area contributed by atoms with E-state index in [4.69, 9.17) is 23.2 Å². The standard InChI is InChI=1S/C3HCl2N3.ClH/c4-2-1-3(5)7-8-6-2;/h1H;1H. The van der Waals surface area contributed by atoms with Crippen molar-refractivity contribution in [3.63, 3.8) is 0 Å². The summed E-state index contributed by atoms with van der Waals surface area (Å²) in [6.45, 7) is 0. The van der Waals surface area contributed by atoms with Gasteiger partial charge in [0.1, 0.15) is 0 Å². The number of rotatable bonds is 0. The van der Waals surface area contributed by atoms with Crippen molar-refractivity contribution in [3.05, 3.63) is 16.4 Å². The van der Waals surface area contributed by atoms with Gasteiger partial charge >= 0.3 is 0 Å². The summed E-state index contributed by atoms with van der Waals surface area (Å²) in [5.41, 5.74) is 0. The van der Waals surface area contributed by atoms with Crippen LogP contribution in [0.1, 0.15) is 0 Å². The van der Waals surface area contributed by atoms with E-state index in [9.17, 15) is 0 Å². The lowest BCUT2D eigenvalue weighted by molar-refractivity contribution is 0.866. The lowest BCUT2D eigenvalue weighted by Crippen LogP contribution is -1.84. The van der Waals surface area contributed by atoms with Crippen LogP contribution in [0.2, 0.25) is 10.3 Å². The van der Waals surface area contributed by atoms with Gasteiger partial charge in [0.2, 0.25) is 0 Å². The van der Waals surface area contributed by atoms with Gasteiger partial charge in [0.15, 0.2) is 10.3 Å². The summed E-state index contributed by atoms with van der Waals surface area (Å²) < 4.78 is 0. The third kappa shape index (κ3) is 2.79. The normalized spacial score (nSPS) is 8.22. The molecule has 0 fully saturated rings. The summed E-state index contributed by atoms with van der Waals surface area (Å²) in [7, 11) is 0. The SMILES string of the molecule is Cl.Clc1cc(Cl)nnn1. The summed E-state index contributed by atoms with van der Waals surface area (Å²) in [6, 6.07) is 1.41. The van der Waals surface area contributed by atoms with E-state index >= 15 is 0 Å². The van der Waals surface area contributed by atoms with E-state index in [0.717, 1.165) is 0 Å². The molecule has 0 amide bonds. The van der Waals surface area contributed by atoms with Gasteiger partial charge in [-0.25, -0.2) is 0 Å². The summed E-state index contributed by atoms with van der Waals surface area (Å²) in [5.74, 6) is 0. The molecule has 0 atom stereocenters. The molecule has 0 N–H and O–H groups in total. The zero-order valence-electron chi connectivity index (χ0n) is 4.08. The van der Waals surface area contributed by atoms with Crippen molar-refractivity contribution in [1.82, 2.24) is 15.4 Å². The Labute approximate surface area is 67.8 Å². The summed E-state index contributed by atoms with van der Waals surface area (Å²) >= 11 is 10.7. The van der Waals surface area contributed by atoms with Gasteiger partial charge in [0, 0.05) is 6.07 Å². The van der Waals surface area contributed by atoms with Gasteiger partial charge in [-0.1, -0.05) is 23.2 Å². The van der Waals surface area contributed by atoms with Crippen LogP contribution in [-0.2, 0) is 0 Å².